The van der Waals surface area contributed by atoms with Gasteiger partial charge in [0.2, 0.25) is 5.82 Å². The summed E-state index contributed by atoms with van der Waals surface area (Å²) in [6.45, 7) is 0.726. The number of hydrogen-bond acceptors (Lipinski definition) is 5. The lowest BCUT2D eigenvalue weighted by molar-refractivity contribution is 0.0582. The first kappa shape index (κ1) is 21.4. The summed E-state index contributed by atoms with van der Waals surface area (Å²) in [6, 6.07) is 16.5. The van der Waals surface area contributed by atoms with Crippen LogP contribution in [0.25, 0.3) is 17.2 Å². The number of benzene rings is 2. The molecule has 1 aromatic heterocycles. The van der Waals surface area contributed by atoms with Crippen molar-refractivity contribution in [2.24, 2.45) is 7.05 Å². The molecule has 0 spiro atoms. The van der Waals surface area contributed by atoms with Crippen molar-refractivity contribution in [2.75, 3.05) is 20.3 Å². The van der Waals surface area contributed by atoms with Crippen LogP contribution in [-0.2, 0) is 16.5 Å². The van der Waals surface area contributed by atoms with Crippen LogP contribution in [0.2, 0.25) is 0 Å². The van der Waals surface area contributed by atoms with E-state index in [9.17, 15) is 9.59 Å². The molecule has 0 unspecified atom stereocenters. The Morgan fingerprint density at radius 2 is 1.75 bits per heavy atom. The molecule has 7 heteroatoms. The van der Waals surface area contributed by atoms with E-state index in [1.165, 1.54) is 29.4 Å². The Kier molecular flexibility index (Phi) is 6.35. The topological polar surface area (TPSA) is 82.4 Å². The second-order valence-corrected chi connectivity index (χ2v) is 7.54. The fraction of sp³-hybridized carbons (Fsp3) is 0.240. The van der Waals surface area contributed by atoms with Crippen molar-refractivity contribution in [3.63, 3.8) is 0 Å². The summed E-state index contributed by atoms with van der Waals surface area (Å²) in [7, 11) is 3.05. The van der Waals surface area contributed by atoms with Crippen LogP contribution in [0.3, 0.4) is 0 Å². The van der Waals surface area contributed by atoms with Crippen molar-refractivity contribution < 1.29 is 19.1 Å². The van der Waals surface area contributed by atoms with Gasteiger partial charge in [0, 0.05) is 25.7 Å². The van der Waals surface area contributed by atoms with Crippen LogP contribution in [0.5, 0.6) is 0 Å². The largest absolute Gasteiger partial charge is 0.463 e. The van der Waals surface area contributed by atoms with Gasteiger partial charge in [0.05, 0.1) is 12.8 Å². The SMILES string of the molecule is COC(=O)c1nc(C=CCCNC(=O)OCC2c3ccccc3-c3ccccc32)cn1C. The monoisotopic (exact) mass is 431 g/mol. The maximum atomic E-state index is 12.2. The van der Waals surface area contributed by atoms with Gasteiger partial charge in [-0.25, -0.2) is 14.6 Å². The summed E-state index contributed by atoms with van der Waals surface area (Å²) in [4.78, 5) is 28.0. The Balaban J connectivity index is 1.26. The predicted octanol–water partition coefficient (Wildman–Crippen LogP) is 4.15. The van der Waals surface area contributed by atoms with E-state index in [-0.39, 0.29) is 11.7 Å². The van der Waals surface area contributed by atoms with Crippen LogP contribution in [0.4, 0.5) is 4.79 Å². The highest BCUT2D eigenvalue weighted by atomic mass is 16.5. The van der Waals surface area contributed by atoms with E-state index in [4.69, 9.17) is 9.47 Å². The number of aryl methyl sites for hydroxylation is 1. The van der Waals surface area contributed by atoms with E-state index in [1.807, 2.05) is 30.3 Å². The van der Waals surface area contributed by atoms with Crippen molar-refractivity contribution in [3.05, 3.63) is 83.4 Å². The normalized spacial score (nSPS) is 12.4. The molecule has 0 saturated heterocycles. The molecule has 3 aromatic rings. The lowest BCUT2D eigenvalue weighted by Gasteiger charge is -2.14. The Labute approximate surface area is 186 Å². The fourth-order valence-corrected chi connectivity index (χ4v) is 3.96. The second-order valence-electron chi connectivity index (χ2n) is 7.54. The Bertz CT molecular complexity index is 1120. The van der Waals surface area contributed by atoms with Gasteiger partial charge in [-0.15, -0.1) is 0 Å². The van der Waals surface area contributed by atoms with Crippen LogP contribution in [0, 0.1) is 0 Å². The van der Waals surface area contributed by atoms with Crippen molar-refractivity contribution in [2.45, 2.75) is 12.3 Å². The molecule has 0 aliphatic heterocycles. The number of rotatable bonds is 7. The average Bonchev–Trinajstić information content (AvgIpc) is 3.34. The first-order valence-corrected chi connectivity index (χ1v) is 10.5. The van der Waals surface area contributed by atoms with Crippen molar-refractivity contribution >= 4 is 18.1 Å². The molecule has 0 radical (unpaired) electrons. The molecule has 0 fully saturated rings. The van der Waals surface area contributed by atoms with E-state index in [0.717, 1.165) is 0 Å². The number of nitrogens with one attached hydrogen (secondary N) is 1. The summed E-state index contributed by atoms with van der Waals surface area (Å²) in [5.74, 6) is -0.200. The van der Waals surface area contributed by atoms with Gasteiger partial charge in [-0.3, -0.25) is 0 Å². The molecular weight excluding hydrogens is 406 g/mol. The first-order valence-electron chi connectivity index (χ1n) is 10.5. The molecule has 4 rings (SSSR count). The van der Waals surface area contributed by atoms with Crippen LogP contribution in [-0.4, -0.2) is 41.9 Å². The molecule has 1 aliphatic rings. The van der Waals surface area contributed by atoms with E-state index in [1.54, 1.807) is 23.9 Å². The quantitative estimate of drug-likeness (QED) is 0.449. The van der Waals surface area contributed by atoms with Gasteiger partial charge >= 0.3 is 12.1 Å². The minimum Gasteiger partial charge on any atom is -0.463 e. The molecule has 0 saturated carbocycles. The standard InChI is InChI=1S/C25H25N3O4/c1-28-15-17(27-23(28)24(29)31-2)9-7-8-14-26-25(30)32-16-22-20-12-5-3-10-18(20)19-11-4-6-13-21(19)22/h3-7,9-13,15,22H,8,14,16H2,1-2H3,(H,26,30). The number of nitrogens with zero attached hydrogens (tertiary/aromatic N) is 2. The molecule has 1 amide bonds. The van der Waals surface area contributed by atoms with E-state index in [2.05, 4.69) is 34.6 Å². The summed E-state index contributed by atoms with van der Waals surface area (Å²) in [5.41, 5.74) is 5.42. The van der Waals surface area contributed by atoms with Gasteiger partial charge in [-0.2, -0.15) is 0 Å². The van der Waals surface area contributed by atoms with Gasteiger partial charge in [0.15, 0.2) is 0 Å². The number of esters is 1. The lowest BCUT2D eigenvalue weighted by Crippen LogP contribution is -2.26. The van der Waals surface area contributed by atoms with Crippen LogP contribution < -0.4 is 5.32 Å². The lowest BCUT2D eigenvalue weighted by atomic mass is 9.98. The number of amides is 1. The van der Waals surface area contributed by atoms with Crippen molar-refractivity contribution in [1.29, 1.82) is 0 Å². The third kappa shape index (κ3) is 4.42. The maximum absolute atomic E-state index is 12.2. The zero-order valence-corrected chi connectivity index (χ0v) is 18.1. The van der Waals surface area contributed by atoms with Crippen LogP contribution in [0.1, 0.15) is 39.8 Å². The van der Waals surface area contributed by atoms with Crippen molar-refractivity contribution in [3.8, 4) is 11.1 Å². The molecule has 7 nitrogen and oxygen atoms in total. The smallest absolute Gasteiger partial charge is 0.407 e. The third-order valence-electron chi connectivity index (χ3n) is 5.48. The molecular formula is C25H25N3O4. The van der Waals surface area contributed by atoms with Crippen molar-refractivity contribution in [1.82, 2.24) is 14.9 Å². The second kappa shape index (κ2) is 9.51. The zero-order valence-electron chi connectivity index (χ0n) is 18.1. The predicted molar refractivity (Wildman–Crippen MR) is 121 cm³/mol. The van der Waals surface area contributed by atoms with Crippen LogP contribution >= 0.6 is 0 Å². The number of carbonyl (C=O) groups is 2. The molecule has 0 atom stereocenters. The summed E-state index contributed by atoms with van der Waals surface area (Å²) in [5, 5.41) is 2.77. The average molecular weight is 431 g/mol. The minimum atomic E-state index is -0.482. The van der Waals surface area contributed by atoms with E-state index < -0.39 is 12.1 Å². The molecule has 164 valence electrons. The molecule has 1 N–H and O–H groups in total. The summed E-state index contributed by atoms with van der Waals surface area (Å²) < 4.78 is 11.8. The Hall–Kier alpha value is -3.87. The molecule has 0 bridgehead atoms. The molecule has 32 heavy (non-hydrogen) atoms. The van der Waals surface area contributed by atoms with E-state index >= 15 is 0 Å². The number of methoxy groups -OCH3 is 1. The number of carbonyl (C=O) groups excluding carboxylic acids is 2. The number of hydrogen-bond donors (Lipinski definition) is 1. The third-order valence-corrected chi connectivity index (χ3v) is 5.48. The fourth-order valence-electron chi connectivity index (χ4n) is 3.96. The minimum absolute atomic E-state index is 0.0428. The molecule has 1 heterocycles. The number of alkyl carbamates (subject to hydrolysis) is 1. The molecule has 2 aromatic carbocycles. The number of imidazole rings is 1. The highest BCUT2D eigenvalue weighted by Crippen LogP contribution is 2.44. The van der Waals surface area contributed by atoms with Gasteiger partial charge in [-0.1, -0.05) is 54.6 Å². The van der Waals surface area contributed by atoms with Gasteiger partial charge in [-0.05, 0) is 34.8 Å². The number of fused-ring (bicyclic) bond motifs is 3. The Morgan fingerprint density at radius 3 is 2.41 bits per heavy atom. The Morgan fingerprint density at radius 1 is 1.09 bits per heavy atom. The number of aromatic nitrogens is 2. The highest BCUT2D eigenvalue weighted by molar-refractivity contribution is 5.85. The molecule has 1 aliphatic carbocycles. The van der Waals surface area contributed by atoms with Crippen LogP contribution in [0.15, 0.2) is 60.8 Å². The van der Waals surface area contributed by atoms with E-state index in [0.29, 0.717) is 25.3 Å². The van der Waals surface area contributed by atoms with Gasteiger partial charge in [0.25, 0.3) is 0 Å². The van der Waals surface area contributed by atoms with Gasteiger partial charge in [0.1, 0.15) is 6.61 Å². The van der Waals surface area contributed by atoms with Gasteiger partial charge < -0.3 is 19.4 Å². The maximum Gasteiger partial charge on any atom is 0.407 e. The zero-order chi connectivity index (χ0) is 22.5. The first-order chi connectivity index (χ1) is 15.6. The number of ether oxygens (including phenoxy) is 2. The highest BCUT2D eigenvalue weighted by Gasteiger charge is 2.28. The summed E-state index contributed by atoms with van der Waals surface area (Å²) in [6.07, 6.45) is 5.58. The summed E-state index contributed by atoms with van der Waals surface area (Å²) >= 11 is 0.